The number of piperidine rings is 1. The molecule has 2 amide bonds. The lowest BCUT2D eigenvalue weighted by molar-refractivity contribution is -0.933. The summed E-state index contributed by atoms with van der Waals surface area (Å²) in [5.74, 6) is 0.463. The van der Waals surface area contributed by atoms with Gasteiger partial charge in [0.15, 0.2) is 34.9 Å². The highest BCUT2D eigenvalue weighted by atomic mass is 35.5. The lowest BCUT2D eigenvalue weighted by Gasteiger charge is -2.45. The number of nitrogens with zero attached hydrogens (tertiary/aromatic N) is 3. The van der Waals surface area contributed by atoms with Crippen LogP contribution >= 0.6 is 11.6 Å². The van der Waals surface area contributed by atoms with E-state index in [4.69, 9.17) is 61.7 Å². The standard InChI is InChI=1S/C45H66ClN7O11/c46-42-44(48)52-43(47)41(51-42)45(58)50-36-7-3-20-53(31-36,18-1-5-34-9-13-38(14-10-34)63-32-37(56)8-4-23-59-27-29-61-25-21-54)19-2-6-35-11-15-39(16-12-35)64-33-40(57)49-17-24-60-28-30-62-26-22-55/h9-16,36,54-55H,1-8,17-33H2,(H5-,47,48,49,50,52,57,58)/p+1. The molecule has 0 spiro atoms. The maximum Gasteiger partial charge on any atom is 0.274 e. The molecule has 18 nitrogen and oxygen atoms in total. The van der Waals surface area contributed by atoms with Gasteiger partial charge in [-0.25, -0.2) is 9.97 Å². The van der Waals surface area contributed by atoms with E-state index in [2.05, 4.69) is 20.6 Å². The van der Waals surface area contributed by atoms with Crippen molar-refractivity contribution in [2.75, 3.05) is 123 Å². The largest absolute Gasteiger partial charge is 0.486 e. The number of aryl methyl sites for hydroxylation is 2. The number of nitrogens with one attached hydrogen (secondary N) is 2. The van der Waals surface area contributed by atoms with Gasteiger partial charge in [0.25, 0.3) is 11.8 Å². The number of quaternary nitrogens is 1. The minimum Gasteiger partial charge on any atom is -0.486 e. The zero-order valence-corrected chi connectivity index (χ0v) is 37.6. The third-order valence-corrected chi connectivity index (χ3v) is 10.9. The van der Waals surface area contributed by atoms with E-state index in [9.17, 15) is 14.4 Å². The Kier molecular flexibility index (Phi) is 24.1. The number of ether oxygens (including phenoxy) is 6. The highest BCUT2D eigenvalue weighted by Gasteiger charge is 2.35. The van der Waals surface area contributed by atoms with Gasteiger partial charge in [-0.15, -0.1) is 0 Å². The number of likely N-dealkylation sites (tertiary alicyclic amines) is 1. The number of rotatable bonds is 33. The summed E-state index contributed by atoms with van der Waals surface area (Å²) in [6, 6.07) is 15.6. The average molecular weight is 918 g/mol. The number of nitrogen functional groups attached to an aromatic ring is 2. The van der Waals surface area contributed by atoms with E-state index in [1.807, 2.05) is 48.5 Å². The predicted octanol–water partition coefficient (Wildman–Crippen LogP) is 2.54. The fraction of sp³-hybridized carbons (Fsp3) is 0.578. The Labute approximate surface area is 380 Å². The van der Waals surface area contributed by atoms with Gasteiger partial charge in [0, 0.05) is 32.4 Å². The van der Waals surface area contributed by atoms with E-state index < -0.39 is 5.91 Å². The van der Waals surface area contributed by atoms with Gasteiger partial charge in [0.2, 0.25) is 0 Å². The van der Waals surface area contributed by atoms with E-state index in [-0.39, 0.29) is 79.9 Å². The number of ketones is 1. The fourth-order valence-corrected chi connectivity index (χ4v) is 7.53. The van der Waals surface area contributed by atoms with Crippen LogP contribution < -0.4 is 31.6 Å². The van der Waals surface area contributed by atoms with Crippen molar-refractivity contribution in [1.29, 1.82) is 0 Å². The van der Waals surface area contributed by atoms with Crippen LogP contribution in [0.2, 0.25) is 5.15 Å². The summed E-state index contributed by atoms with van der Waals surface area (Å²) < 4.78 is 33.4. The van der Waals surface area contributed by atoms with Crippen molar-refractivity contribution in [2.24, 2.45) is 0 Å². The zero-order valence-electron chi connectivity index (χ0n) is 36.8. The number of hydrogen-bond acceptors (Lipinski definition) is 15. The van der Waals surface area contributed by atoms with Crippen LogP contribution in [0, 0.1) is 0 Å². The van der Waals surface area contributed by atoms with Crippen LogP contribution in [-0.2, 0) is 41.4 Å². The number of hydrogen-bond donors (Lipinski definition) is 6. The van der Waals surface area contributed by atoms with Crippen LogP contribution in [0.3, 0.4) is 0 Å². The predicted molar refractivity (Wildman–Crippen MR) is 241 cm³/mol. The summed E-state index contributed by atoms with van der Waals surface area (Å²) in [4.78, 5) is 46.0. The van der Waals surface area contributed by atoms with Gasteiger partial charge >= 0.3 is 0 Å². The number of aliphatic hydroxyl groups excluding tert-OH is 2. The molecule has 2 heterocycles. The lowest BCUT2D eigenvalue weighted by Crippen LogP contribution is -2.60. The SMILES string of the molecule is Nc1nc(N)c(C(=O)NC2CCC[N+](CCCc3ccc(OCC(=O)CCCOCCOCCO)cc3)(CCCc3ccc(OCC(=O)NCCOCCOCCO)cc3)C2)nc1Cl. The number of halogens is 1. The molecular weight excluding hydrogens is 850 g/mol. The molecule has 8 N–H and O–H groups in total. The summed E-state index contributed by atoms with van der Waals surface area (Å²) in [5, 5.41) is 23.3. The summed E-state index contributed by atoms with van der Waals surface area (Å²) >= 11 is 6.08. The first-order chi connectivity index (χ1) is 31.1. The Hall–Kier alpha value is -4.66. The van der Waals surface area contributed by atoms with Crippen molar-refractivity contribution in [1.82, 2.24) is 20.6 Å². The first-order valence-electron chi connectivity index (χ1n) is 22.1. The van der Waals surface area contributed by atoms with Gasteiger partial charge in [-0.05, 0) is 67.5 Å². The second kappa shape index (κ2) is 29.7. The van der Waals surface area contributed by atoms with E-state index in [0.29, 0.717) is 70.5 Å². The molecule has 0 radical (unpaired) electrons. The van der Waals surface area contributed by atoms with E-state index in [1.54, 1.807) is 0 Å². The lowest BCUT2D eigenvalue weighted by atomic mass is 9.99. The number of Topliss-reactive ketones (excluding diaryl/α,β-unsaturated/α-hetero) is 1. The smallest absolute Gasteiger partial charge is 0.274 e. The average Bonchev–Trinajstić information content (AvgIpc) is 3.29. The van der Waals surface area contributed by atoms with Crippen molar-refractivity contribution in [3.63, 3.8) is 0 Å². The second-order valence-electron chi connectivity index (χ2n) is 15.6. The van der Waals surface area contributed by atoms with Crippen LogP contribution in [0.4, 0.5) is 11.6 Å². The minimum atomic E-state index is -0.433. The zero-order chi connectivity index (χ0) is 45.8. The maximum absolute atomic E-state index is 13.4. The third kappa shape index (κ3) is 20.0. The summed E-state index contributed by atoms with van der Waals surface area (Å²) in [7, 11) is 0. The number of carbonyl (C=O) groups is 3. The molecule has 1 aliphatic rings. The molecule has 19 heteroatoms. The molecule has 1 fully saturated rings. The van der Waals surface area contributed by atoms with Gasteiger partial charge < -0.3 is 65.2 Å². The summed E-state index contributed by atoms with van der Waals surface area (Å²) in [6.07, 6.45) is 6.26. The summed E-state index contributed by atoms with van der Waals surface area (Å²) in [5.41, 5.74) is 14.0. The van der Waals surface area contributed by atoms with E-state index in [0.717, 1.165) is 74.8 Å². The molecular formula is C45H67ClN7O11+. The molecule has 1 aromatic heterocycles. The molecule has 4 rings (SSSR count). The van der Waals surface area contributed by atoms with Crippen LogP contribution in [0.15, 0.2) is 48.5 Å². The number of carbonyl (C=O) groups excluding carboxylic acids is 3. The van der Waals surface area contributed by atoms with Gasteiger partial charge in [-0.2, -0.15) is 0 Å². The van der Waals surface area contributed by atoms with Crippen molar-refractivity contribution < 1.29 is 57.5 Å². The Morgan fingerprint density at radius 2 is 1.28 bits per heavy atom. The Morgan fingerprint density at radius 1 is 0.719 bits per heavy atom. The number of aromatic nitrogens is 2. The molecule has 1 aliphatic heterocycles. The molecule has 354 valence electrons. The normalized spacial score (nSPS) is 16.0. The molecule has 1 saturated heterocycles. The quantitative estimate of drug-likeness (QED) is 0.0380. The number of anilines is 2. The Morgan fingerprint density at radius 3 is 1.88 bits per heavy atom. The van der Waals surface area contributed by atoms with E-state index >= 15 is 0 Å². The van der Waals surface area contributed by atoms with Gasteiger partial charge in [-0.1, -0.05) is 35.9 Å². The molecule has 0 saturated carbocycles. The fourth-order valence-electron chi connectivity index (χ4n) is 7.41. The highest BCUT2D eigenvalue weighted by molar-refractivity contribution is 6.31. The second-order valence-corrected chi connectivity index (χ2v) is 16.0. The number of aliphatic hydroxyl groups is 2. The molecule has 2 unspecified atom stereocenters. The number of amides is 2. The molecule has 0 bridgehead atoms. The first kappa shape index (κ1) is 52.0. The van der Waals surface area contributed by atoms with Crippen LogP contribution in [0.5, 0.6) is 11.5 Å². The van der Waals surface area contributed by atoms with Gasteiger partial charge in [0.05, 0.1) is 91.7 Å². The van der Waals surface area contributed by atoms with Gasteiger partial charge in [0.1, 0.15) is 18.1 Å². The van der Waals surface area contributed by atoms with Crippen molar-refractivity contribution in [3.8, 4) is 11.5 Å². The third-order valence-electron chi connectivity index (χ3n) is 10.6. The number of nitrogens with two attached hydrogens (primary N) is 2. The van der Waals surface area contributed by atoms with Crippen molar-refractivity contribution in [2.45, 2.75) is 57.4 Å². The van der Waals surface area contributed by atoms with Crippen LogP contribution in [-0.4, -0.2) is 160 Å². The van der Waals surface area contributed by atoms with Crippen molar-refractivity contribution >= 4 is 40.8 Å². The Bertz CT molecular complexity index is 1740. The maximum atomic E-state index is 13.4. The van der Waals surface area contributed by atoms with Crippen LogP contribution in [0.1, 0.15) is 60.1 Å². The topological polar surface area (TPSA) is 249 Å². The Balaban J connectivity index is 1.26. The molecule has 64 heavy (non-hydrogen) atoms. The van der Waals surface area contributed by atoms with Crippen molar-refractivity contribution in [3.05, 3.63) is 70.5 Å². The molecule has 0 aliphatic carbocycles. The number of benzene rings is 2. The molecule has 3 aromatic rings. The molecule has 2 atom stereocenters. The van der Waals surface area contributed by atoms with Gasteiger partial charge in [-0.3, -0.25) is 14.4 Å². The highest BCUT2D eigenvalue weighted by Crippen LogP contribution is 2.25. The van der Waals surface area contributed by atoms with E-state index in [1.165, 1.54) is 5.56 Å². The molecule has 2 aromatic carbocycles. The monoisotopic (exact) mass is 916 g/mol. The summed E-state index contributed by atoms with van der Waals surface area (Å²) in [6.45, 7) is 6.70. The van der Waals surface area contributed by atoms with Crippen LogP contribution in [0.25, 0.3) is 0 Å². The first-order valence-corrected chi connectivity index (χ1v) is 22.5. The minimum absolute atomic E-state index is 0.000533.